The molecular formula is C9H8IN3OS. The topological polar surface area (TPSA) is 60.9 Å². The Hall–Kier alpha value is -0.760. The lowest BCUT2D eigenvalue weighted by Crippen LogP contribution is -2.11. The number of rotatable bonds is 2. The van der Waals surface area contributed by atoms with Crippen LogP contribution in [0.25, 0.3) is 11.0 Å². The maximum atomic E-state index is 11.0. The summed E-state index contributed by atoms with van der Waals surface area (Å²) < 4.78 is 1.95. The van der Waals surface area contributed by atoms with Gasteiger partial charge in [0.05, 0.1) is 5.56 Å². The van der Waals surface area contributed by atoms with E-state index in [4.69, 9.17) is 5.73 Å². The van der Waals surface area contributed by atoms with E-state index in [1.165, 1.54) is 6.20 Å². The van der Waals surface area contributed by atoms with E-state index in [9.17, 15) is 4.79 Å². The van der Waals surface area contributed by atoms with Gasteiger partial charge >= 0.3 is 0 Å². The molecule has 0 atom stereocenters. The van der Waals surface area contributed by atoms with Crippen molar-refractivity contribution in [2.24, 2.45) is 5.73 Å². The highest BCUT2D eigenvalue weighted by molar-refractivity contribution is 14.2. The molecule has 15 heavy (non-hydrogen) atoms. The van der Waals surface area contributed by atoms with Crippen molar-refractivity contribution < 1.29 is 4.79 Å². The van der Waals surface area contributed by atoms with Crippen LogP contribution < -0.4 is 5.73 Å². The zero-order valence-corrected chi connectivity index (χ0v) is 10.9. The quantitative estimate of drug-likeness (QED) is 0.858. The summed E-state index contributed by atoms with van der Waals surface area (Å²) in [4.78, 5) is 15.2. The highest BCUT2D eigenvalue weighted by Crippen LogP contribution is 2.26. The number of hydrogen-bond acceptors (Lipinski definition) is 3. The molecular weight excluding hydrogens is 325 g/mol. The summed E-state index contributed by atoms with van der Waals surface area (Å²) in [5, 5.41) is 0.968. The van der Waals surface area contributed by atoms with Crippen LogP contribution in [-0.2, 0) is 0 Å². The first-order valence-corrected chi connectivity index (χ1v) is 7.51. The maximum absolute atomic E-state index is 11.0. The van der Waals surface area contributed by atoms with Crippen molar-refractivity contribution in [2.45, 2.75) is 6.92 Å². The number of aromatic nitrogens is 2. The van der Waals surface area contributed by atoms with Gasteiger partial charge in [-0.15, -0.1) is 0 Å². The Balaban J connectivity index is 2.72. The standard InChI is InChI=1S/C9H8IN3OS/c1-5-4-13(15-10)9-7(5)2-6(3-12-9)8(11)14/h2-4H,1H3,(H2,11,14). The van der Waals surface area contributed by atoms with Gasteiger partial charge in [0.15, 0.2) is 5.65 Å². The molecule has 2 N–H and O–H groups in total. The number of carbonyl (C=O) groups is 1. The molecule has 0 bridgehead atoms. The van der Waals surface area contributed by atoms with Crippen molar-refractivity contribution in [3.8, 4) is 0 Å². The molecule has 1 amide bonds. The van der Waals surface area contributed by atoms with E-state index < -0.39 is 5.91 Å². The van der Waals surface area contributed by atoms with Crippen LogP contribution in [0, 0.1) is 6.92 Å². The molecule has 0 saturated heterocycles. The first-order chi connectivity index (χ1) is 7.13. The second-order valence-electron chi connectivity index (χ2n) is 3.17. The van der Waals surface area contributed by atoms with Crippen LogP contribution in [0.2, 0.25) is 0 Å². The number of fused-ring (bicyclic) bond motifs is 1. The minimum atomic E-state index is -0.446. The van der Waals surface area contributed by atoms with Gasteiger partial charge in [0.1, 0.15) is 0 Å². The smallest absolute Gasteiger partial charge is 0.250 e. The van der Waals surface area contributed by atoms with Gasteiger partial charge in [-0.1, -0.05) is 0 Å². The number of halogens is 1. The lowest BCUT2D eigenvalue weighted by molar-refractivity contribution is 0.1000. The van der Waals surface area contributed by atoms with E-state index >= 15 is 0 Å². The number of carbonyl (C=O) groups excluding carboxylic acids is 1. The van der Waals surface area contributed by atoms with Gasteiger partial charge in [0.25, 0.3) is 0 Å². The van der Waals surface area contributed by atoms with Crippen LogP contribution in [-0.4, -0.2) is 14.9 Å². The van der Waals surface area contributed by atoms with Crippen molar-refractivity contribution in [1.82, 2.24) is 8.96 Å². The van der Waals surface area contributed by atoms with E-state index in [1.54, 1.807) is 15.2 Å². The van der Waals surface area contributed by atoms with E-state index in [0.29, 0.717) is 5.56 Å². The summed E-state index contributed by atoms with van der Waals surface area (Å²) in [7, 11) is 1.54. The molecule has 0 unspecified atom stereocenters. The Morgan fingerprint density at radius 2 is 2.40 bits per heavy atom. The largest absolute Gasteiger partial charge is 0.366 e. The summed E-state index contributed by atoms with van der Waals surface area (Å²) in [6, 6.07) is 1.78. The van der Waals surface area contributed by atoms with Crippen LogP contribution in [0.4, 0.5) is 0 Å². The van der Waals surface area contributed by atoms with Crippen LogP contribution in [0.5, 0.6) is 0 Å². The van der Waals surface area contributed by atoms with Crippen molar-refractivity contribution in [3.63, 3.8) is 0 Å². The highest BCUT2D eigenvalue weighted by atomic mass is 127. The lowest BCUT2D eigenvalue weighted by Gasteiger charge is -1.98. The minimum Gasteiger partial charge on any atom is -0.366 e. The summed E-state index contributed by atoms with van der Waals surface area (Å²) in [5.41, 5.74) is 7.59. The zero-order chi connectivity index (χ0) is 11.0. The van der Waals surface area contributed by atoms with Crippen LogP contribution in [0.3, 0.4) is 0 Å². The maximum Gasteiger partial charge on any atom is 0.250 e. The highest BCUT2D eigenvalue weighted by Gasteiger charge is 2.09. The average molecular weight is 333 g/mol. The number of hydrogen-bond donors (Lipinski definition) is 1. The summed E-state index contributed by atoms with van der Waals surface area (Å²) in [6.07, 6.45) is 3.49. The molecule has 0 spiro atoms. The van der Waals surface area contributed by atoms with Gasteiger partial charge in [-0.25, -0.2) is 4.98 Å². The average Bonchev–Trinajstić information content (AvgIpc) is 2.55. The van der Waals surface area contributed by atoms with E-state index in [1.807, 2.05) is 17.1 Å². The van der Waals surface area contributed by atoms with E-state index in [2.05, 4.69) is 26.2 Å². The Bertz CT molecular complexity index is 537. The summed E-state index contributed by atoms with van der Waals surface area (Å²) in [5.74, 6) is -0.446. The third kappa shape index (κ3) is 1.83. The fraction of sp³-hybridized carbons (Fsp3) is 0.111. The summed E-state index contributed by atoms with van der Waals surface area (Å²) >= 11 is 2.18. The molecule has 2 rings (SSSR count). The number of amides is 1. The normalized spacial score (nSPS) is 10.8. The van der Waals surface area contributed by atoms with Crippen molar-refractivity contribution >= 4 is 47.3 Å². The molecule has 78 valence electrons. The molecule has 6 heteroatoms. The third-order valence-corrected chi connectivity index (χ3v) is 3.87. The fourth-order valence-electron chi connectivity index (χ4n) is 1.42. The lowest BCUT2D eigenvalue weighted by atomic mass is 10.2. The number of nitrogens with zero attached hydrogens (tertiary/aromatic N) is 2. The number of primary amides is 1. The fourth-order valence-corrected chi connectivity index (χ4v) is 2.73. The molecule has 0 saturated carbocycles. The zero-order valence-electron chi connectivity index (χ0n) is 7.90. The van der Waals surface area contributed by atoms with Crippen LogP contribution in [0.15, 0.2) is 18.5 Å². The molecule has 0 aliphatic rings. The second kappa shape index (κ2) is 4.01. The molecule has 0 radical (unpaired) electrons. The van der Waals surface area contributed by atoms with Crippen molar-refractivity contribution in [2.75, 3.05) is 0 Å². The molecule has 2 aromatic rings. The predicted octanol–water partition coefficient (Wildman–Crippen LogP) is 2.29. The van der Waals surface area contributed by atoms with E-state index in [-0.39, 0.29) is 0 Å². The number of aryl methyl sites for hydroxylation is 1. The molecule has 2 heterocycles. The number of pyridine rings is 1. The predicted molar refractivity (Wildman–Crippen MR) is 70.0 cm³/mol. The van der Waals surface area contributed by atoms with Crippen molar-refractivity contribution in [3.05, 3.63) is 29.6 Å². The van der Waals surface area contributed by atoms with Crippen LogP contribution >= 0.6 is 30.3 Å². The van der Waals surface area contributed by atoms with Gasteiger partial charge in [0, 0.05) is 48.1 Å². The van der Waals surface area contributed by atoms with Crippen LogP contribution in [0.1, 0.15) is 15.9 Å². The minimum absolute atomic E-state index is 0.446. The van der Waals surface area contributed by atoms with Gasteiger partial charge in [-0.3, -0.25) is 8.77 Å². The SMILES string of the molecule is Cc1cn(SI)c2ncc(C(N)=O)cc12. The Morgan fingerprint density at radius 1 is 1.67 bits per heavy atom. The molecule has 4 nitrogen and oxygen atoms in total. The van der Waals surface area contributed by atoms with Gasteiger partial charge in [0.2, 0.25) is 5.91 Å². The summed E-state index contributed by atoms with van der Waals surface area (Å²) in [6.45, 7) is 1.98. The molecule has 0 aliphatic carbocycles. The Morgan fingerprint density at radius 3 is 3.00 bits per heavy atom. The number of nitrogens with two attached hydrogens (primary N) is 1. The Kier molecular flexibility index (Phi) is 2.87. The van der Waals surface area contributed by atoms with Gasteiger partial charge in [-0.05, 0) is 18.6 Å². The van der Waals surface area contributed by atoms with E-state index in [0.717, 1.165) is 16.6 Å². The first-order valence-electron chi connectivity index (χ1n) is 4.20. The molecule has 0 aliphatic heterocycles. The second-order valence-corrected chi connectivity index (χ2v) is 4.88. The monoisotopic (exact) mass is 333 g/mol. The van der Waals surface area contributed by atoms with Gasteiger partial charge < -0.3 is 5.73 Å². The first kappa shape index (κ1) is 10.7. The molecule has 0 aromatic carbocycles. The molecule has 0 fully saturated rings. The Labute approximate surface area is 103 Å². The third-order valence-electron chi connectivity index (χ3n) is 2.17. The van der Waals surface area contributed by atoms with Gasteiger partial charge in [-0.2, -0.15) is 0 Å². The molecule has 2 aromatic heterocycles. The van der Waals surface area contributed by atoms with Crippen molar-refractivity contribution in [1.29, 1.82) is 0 Å².